The van der Waals surface area contributed by atoms with Crippen LogP contribution in [-0.4, -0.2) is 34.2 Å². The van der Waals surface area contributed by atoms with Gasteiger partial charge in [-0.1, -0.05) is 13.8 Å². The van der Waals surface area contributed by atoms with Crippen LogP contribution in [0.15, 0.2) is 4.47 Å². The summed E-state index contributed by atoms with van der Waals surface area (Å²) in [5, 5.41) is 14.5. The molecule has 2 atom stereocenters. The van der Waals surface area contributed by atoms with Crippen LogP contribution in [0.4, 0.5) is 0 Å². The van der Waals surface area contributed by atoms with Crippen LogP contribution in [0.2, 0.25) is 0 Å². The molecule has 0 aliphatic rings. The number of hydrogen-bond acceptors (Lipinski definition) is 3. The molecule has 0 saturated carbocycles. The fourth-order valence-electron chi connectivity index (χ4n) is 1.97. The Morgan fingerprint density at radius 1 is 1.47 bits per heavy atom. The first-order valence-corrected chi connectivity index (χ1v) is 6.75. The van der Waals surface area contributed by atoms with Crippen LogP contribution in [0.25, 0.3) is 0 Å². The molecule has 2 unspecified atom stereocenters. The van der Waals surface area contributed by atoms with E-state index in [0.29, 0.717) is 6.42 Å². The number of aliphatic hydroxyl groups excluding tert-OH is 1. The Hall–Kier alpha value is -0.390. The van der Waals surface area contributed by atoms with Crippen molar-refractivity contribution in [1.29, 1.82) is 0 Å². The van der Waals surface area contributed by atoms with Crippen molar-refractivity contribution in [3.8, 4) is 0 Å². The van der Waals surface area contributed by atoms with Gasteiger partial charge >= 0.3 is 0 Å². The monoisotopic (exact) mass is 304 g/mol. The van der Waals surface area contributed by atoms with E-state index in [1.54, 1.807) is 7.11 Å². The molecule has 1 rings (SSSR count). The summed E-state index contributed by atoms with van der Waals surface area (Å²) in [5.41, 5.74) is 2.05. The van der Waals surface area contributed by atoms with Crippen molar-refractivity contribution in [1.82, 2.24) is 9.78 Å². The Morgan fingerprint density at radius 3 is 2.53 bits per heavy atom. The second-order valence-electron chi connectivity index (χ2n) is 4.14. The normalized spacial score (nSPS) is 14.9. The first kappa shape index (κ1) is 14.7. The number of halogens is 1. The minimum absolute atomic E-state index is 0.123. The Morgan fingerprint density at radius 2 is 2.12 bits per heavy atom. The maximum Gasteiger partial charge on any atom is 0.0857 e. The lowest BCUT2D eigenvalue weighted by atomic mass is 10.1. The van der Waals surface area contributed by atoms with Crippen LogP contribution in [0.3, 0.4) is 0 Å². The second kappa shape index (κ2) is 6.52. The maximum atomic E-state index is 10.1. The number of hydrogen-bond donors (Lipinski definition) is 1. The van der Waals surface area contributed by atoms with Gasteiger partial charge in [0.25, 0.3) is 0 Å². The molecule has 0 fully saturated rings. The maximum absolute atomic E-state index is 10.1. The molecule has 17 heavy (non-hydrogen) atoms. The van der Waals surface area contributed by atoms with Crippen LogP contribution >= 0.6 is 15.9 Å². The largest absolute Gasteiger partial charge is 0.390 e. The molecule has 0 aromatic carbocycles. The van der Waals surface area contributed by atoms with E-state index < -0.39 is 6.10 Å². The van der Waals surface area contributed by atoms with Crippen LogP contribution in [0.1, 0.15) is 31.7 Å². The molecular weight excluding hydrogens is 284 g/mol. The van der Waals surface area contributed by atoms with Gasteiger partial charge in [0, 0.05) is 20.6 Å². The van der Waals surface area contributed by atoms with Gasteiger partial charge in [-0.15, -0.1) is 0 Å². The molecule has 4 nitrogen and oxygen atoms in total. The summed E-state index contributed by atoms with van der Waals surface area (Å²) in [5.74, 6) is 0. The van der Waals surface area contributed by atoms with E-state index in [0.717, 1.165) is 28.7 Å². The summed E-state index contributed by atoms with van der Waals surface area (Å²) < 4.78 is 8.09. The Labute approximate surface area is 111 Å². The van der Waals surface area contributed by atoms with E-state index in [1.807, 2.05) is 18.7 Å². The molecule has 0 aliphatic carbocycles. The van der Waals surface area contributed by atoms with Gasteiger partial charge in [-0.3, -0.25) is 4.68 Å². The molecule has 0 aliphatic heterocycles. The summed E-state index contributed by atoms with van der Waals surface area (Å²) in [6.45, 7) is 4.07. The standard InChI is InChI=1S/C12H21BrN2O2/c1-5-8-12(13)9(15(3)14-8)7-10(16)11(6-2)17-4/h10-11,16H,5-7H2,1-4H3. The summed E-state index contributed by atoms with van der Waals surface area (Å²) in [7, 11) is 3.53. The summed E-state index contributed by atoms with van der Waals surface area (Å²) in [4.78, 5) is 0. The molecule has 0 radical (unpaired) electrons. The molecule has 5 heteroatoms. The fourth-order valence-corrected chi connectivity index (χ4v) is 2.75. The number of nitrogens with zero attached hydrogens (tertiary/aromatic N) is 2. The van der Waals surface area contributed by atoms with Gasteiger partial charge in [-0.2, -0.15) is 5.10 Å². The lowest BCUT2D eigenvalue weighted by Gasteiger charge is -2.20. The van der Waals surface area contributed by atoms with Gasteiger partial charge in [0.15, 0.2) is 0 Å². The summed E-state index contributed by atoms with van der Waals surface area (Å²) >= 11 is 3.55. The third-order valence-electron chi connectivity index (χ3n) is 3.04. The zero-order chi connectivity index (χ0) is 13.0. The molecule has 0 saturated heterocycles. The number of rotatable bonds is 6. The molecule has 1 aromatic heterocycles. The van der Waals surface area contributed by atoms with Crippen molar-refractivity contribution in [3.63, 3.8) is 0 Å². The number of aromatic nitrogens is 2. The highest BCUT2D eigenvalue weighted by atomic mass is 79.9. The lowest BCUT2D eigenvalue weighted by Crippen LogP contribution is -2.30. The van der Waals surface area contributed by atoms with Gasteiger partial charge in [0.05, 0.1) is 28.1 Å². The van der Waals surface area contributed by atoms with Crippen molar-refractivity contribution in [2.45, 2.75) is 45.3 Å². The third-order valence-corrected chi connectivity index (χ3v) is 3.96. The zero-order valence-electron chi connectivity index (χ0n) is 10.9. The molecule has 0 bridgehead atoms. The number of aryl methyl sites for hydroxylation is 2. The van der Waals surface area contributed by atoms with Crippen molar-refractivity contribution in [3.05, 3.63) is 15.9 Å². The van der Waals surface area contributed by atoms with E-state index in [2.05, 4.69) is 28.0 Å². The average Bonchev–Trinajstić information content (AvgIpc) is 2.58. The second-order valence-corrected chi connectivity index (χ2v) is 4.93. The van der Waals surface area contributed by atoms with E-state index in [1.165, 1.54) is 0 Å². The van der Waals surface area contributed by atoms with Crippen molar-refractivity contribution < 1.29 is 9.84 Å². The van der Waals surface area contributed by atoms with Gasteiger partial charge in [-0.05, 0) is 28.8 Å². The number of ether oxygens (including phenoxy) is 1. The van der Waals surface area contributed by atoms with Crippen LogP contribution < -0.4 is 0 Å². The topological polar surface area (TPSA) is 47.3 Å². The van der Waals surface area contributed by atoms with E-state index in [-0.39, 0.29) is 6.10 Å². The predicted molar refractivity (Wildman–Crippen MR) is 71.1 cm³/mol. The molecular formula is C12H21BrN2O2. The average molecular weight is 305 g/mol. The van der Waals surface area contributed by atoms with Crippen molar-refractivity contribution in [2.24, 2.45) is 7.05 Å². The first-order valence-electron chi connectivity index (χ1n) is 5.96. The van der Waals surface area contributed by atoms with Crippen molar-refractivity contribution >= 4 is 15.9 Å². The Balaban J connectivity index is 2.84. The predicted octanol–water partition coefficient (Wildman–Crippen LogP) is 2.07. The SMILES string of the molecule is CCc1nn(C)c(CC(O)C(CC)OC)c1Br. The fraction of sp³-hybridized carbons (Fsp3) is 0.750. The zero-order valence-corrected chi connectivity index (χ0v) is 12.5. The Kier molecular flexibility index (Phi) is 5.62. The third kappa shape index (κ3) is 3.30. The summed E-state index contributed by atoms with van der Waals surface area (Å²) in [6.07, 6.45) is 1.61. The van der Waals surface area contributed by atoms with Crippen LogP contribution in [-0.2, 0) is 24.6 Å². The molecule has 1 heterocycles. The quantitative estimate of drug-likeness (QED) is 0.875. The smallest absolute Gasteiger partial charge is 0.0857 e. The molecule has 1 N–H and O–H groups in total. The van der Waals surface area contributed by atoms with Crippen molar-refractivity contribution in [2.75, 3.05) is 7.11 Å². The summed E-state index contributed by atoms with van der Waals surface area (Å²) in [6, 6.07) is 0. The van der Waals surface area contributed by atoms with Gasteiger partial charge in [0.1, 0.15) is 0 Å². The van der Waals surface area contributed by atoms with E-state index >= 15 is 0 Å². The van der Waals surface area contributed by atoms with Crippen LogP contribution in [0.5, 0.6) is 0 Å². The highest BCUT2D eigenvalue weighted by molar-refractivity contribution is 9.10. The highest BCUT2D eigenvalue weighted by Crippen LogP contribution is 2.23. The lowest BCUT2D eigenvalue weighted by molar-refractivity contribution is -0.0137. The molecule has 1 aromatic rings. The van der Waals surface area contributed by atoms with E-state index in [4.69, 9.17) is 4.74 Å². The minimum atomic E-state index is -0.499. The first-order chi connectivity index (χ1) is 8.04. The molecule has 0 spiro atoms. The van der Waals surface area contributed by atoms with E-state index in [9.17, 15) is 5.11 Å². The molecule has 0 amide bonds. The highest BCUT2D eigenvalue weighted by Gasteiger charge is 2.21. The minimum Gasteiger partial charge on any atom is -0.390 e. The van der Waals surface area contributed by atoms with Crippen LogP contribution in [0, 0.1) is 0 Å². The Bertz CT molecular complexity index is 362. The van der Waals surface area contributed by atoms with Gasteiger partial charge in [-0.25, -0.2) is 0 Å². The van der Waals surface area contributed by atoms with Gasteiger partial charge < -0.3 is 9.84 Å². The van der Waals surface area contributed by atoms with Gasteiger partial charge in [0.2, 0.25) is 0 Å². The number of aliphatic hydroxyl groups is 1. The number of methoxy groups -OCH3 is 1. The molecule has 98 valence electrons.